The van der Waals surface area contributed by atoms with Crippen LogP contribution in [0.15, 0.2) is 0 Å². The summed E-state index contributed by atoms with van der Waals surface area (Å²) >= 11 is 0. The van der Waals surface area contributed by atoms with Crippen molar-refractivity contribution in [1.29, 1.82) is 0 Å². The van der Waals surface area contributed by atoms with Gasteiger partial charge in [-0.1, -0.05) is 0 Å². The molecule has 3 saturated heterocycles. The third kappa shape index (κ3) is 2.58. The number of urea groups is 1. The lowest BCUT2D eigenvalue weighted by Gasteiger charge is -2.43. The molecule has 3 fully saturated rings. The lowest BCUT2D eigenvalue weighted by molar-refractivity contribution is -0.0172. The van der Waals surface area contributed by atoms with Crippen LogP contribution in [-0.4, -0.2) is 67.3 Å². The normalized spacial score (nSPS) is 31.7. The van der Waals surface area contributed by atoms with Crippen molar-refractivity contribution in [3.63, 3.8) is 0 Å². The highest BCUT2D eigenvalue weighted by atomic mass is 16.5. The maximum atomic E-state index is 11.6. The summed E-state index contributed by atoms with van der Waals surface area (Å²) in [6.07, 6.45) is 6.33. The van der Waals surface area contributed by atoms with Crippen molar-refractivity contribution in [3.05, 3.63) is 0 Å². The Balaban J connectivity index is 1.50. The van der Waals surface area contributed by atoms with Crippen LogP contribution in [-0.2, 0) is 4.74 Å². The summed E-state index contributed by atoms with van der Waals surface area (Å²) in [5.41, 5.74) is 0.0704. The third-order valence-corrected chi connectivity index (χ3v) is 5.11. The minimum Gasteiger partial charge on any atom is -0.377 e. The summed E-state index contributed by atoms with van der Waals surface area (Å²) in [4.78, 5) is 16.1. The molecule has 5 heteroatoms. The molecular formula is C14H25N3O2. The van der Waals surface area contributed by atoms with Gasteiger partial charge in [-0.3, -0.25) is 0 Å². The maximum Gasteiger partial charge on any atom is 0.317 e. The molecule has 19 heavy (non-hydrogen) atoms. The van der Waals surface area contributed by atoms with Gasteiger partial charge in [0.15, 0.2) is 0 Å². The summed E-state index contributed by atoms with van der Waals surface area (Å²) in [7, 11) is 1.93. The predicted octanol–water partition coefficient (Wildman–Crippen LogP) is 1.05. The molecule has 0 radical (unpaired) electrons. The Morgan fingerprint density at radius 1 is 1.37 bits per heavy atom. The second-order valence-electron chi connectivity index (χ2n) is 6.23. The van der Waals surface area contributed by atoms with Crippen LogP contribution in [0.1, 0.15) is 32.1 Å². The van der Waals surface area contributed by atoms with Gasteiger partial charge in [-0.05, 0) is 32.1 Å². The van der Waals surface area contributed by atoms with Gasteiger partial charge in [-0.2, -0.15) is 0 Å². The number of carbonyl (C=O) groups is 1. The van der Waals surface area contributed by atoms with Crippen LogP contribution < -0.4 is 5.32 Å². The summed E-state index contributed by atoms with van der Waals surface area (Å²) in [6.45, 7) is 4.99. The van der Waals surface area contributed by atoms with Crippen LogP contribution in [0.3, 0.4) is 0 Å². The molecule has 3 aliphatic rings. The van der Waals surface area contributed by atoms with Gasteiger partial charge in [0.05, 0.1) is 11.6 Å². The maximum absolute atomic E-state index is 11.6. The molecule has 108 valence electrons. The molecule has 3 heterocycles. The van der Waals surface area contributed by atoms with E-state index in [1.165, 1.54) is 19.3 Å². The zero-order valence-electron chi connectivity index (χ0n) is 11.9. The number of ether oxygens (including phenoxy) is 1. The minimum atomic E-state index is 0.0704. The number of likely N-dealkylation sites (tertiary alicyclic amines) is 1. The van der Waals surface area contributed by atoms with Crippen molar-refractivity contribution >= 4 is 6.03 Å². The average molecular weight is 267 g/mol. The molecule has 0 aromatic rings. The number of piperidine rings is 1. The van der Waals surface area contributed by atoms with Gasteiger partial charge in [0.25, 0.3) is 0 Å². The molecule has 0 bridgehead atoms. The first-order valence-corrected chi connectivity index (χ1v) is 7.55. The lowest BCUT2D eigenvalue weighted by Crippen LogP contribution is -2.54. The van der Waals surface area contributed by atoms with Crippen LogP contribution in [0.5, 0.6) is 0 Å². The van der Waals surface area contributed by atoms with Crippen molar-refractivity contribution in [2.24, 2.45) is 0 Å². The largest absolute Gasteiger partial charge is 0.377 e. The summed E-state index contributed by atoms with van der Waals surface area (Å²) in [5, 5.41) is 2.97. The van der Waals surface area contributed by atoms with Crippen LogP contribution in [0, 0.1) is 0 Å². The van der Waals surface area contributed by atoms with E-state index in [0.717, 1.165) is 45.6 Å². The Hall–Kier alpha value is -0.810. The summed E-state index contributed by atoms with van der Waals surface area (Å²) in [5.74, 6) is 0. The number of hydrogen-bond donors (Lipinski definition) is 1. The molecule has 0 aliphatic carbocycles. The van der Waals surface area contributed by atoms with Crippen molar-refractivity contribution in [3.8, 4) is 0 Å². The highest BCUT2D eigenvalue weighted by Crippen LogP contribution is 2.31. The zero-order valence-corrected chi connectivity index (χ0v) is 11.9. The highest BCUT2D eigenvalue weighted by molar-refractivity contribution is 5.77. The second-order valence-corrected chi connectivity index (χ2v) is 6.23. The van der Waals surface area contributed by atoms with E-state index >= 15 is 0 Å². The standard InChI is InChI=1S/C14H25N3O2/c1-16-13(18)15-11-14(16)5-7-17(8-6-14)10-12-4-2-3-9-19-12/h12H,2-11H2,1H3,(H,15,18). The van der Waals surface area contributed by atoms with Gasteiger partial charge < -0.3 is 19.9 Å². The zero-order chi connectivity index (χ0) is 13.3. The molecule has 1 atom stereocenters. The minimum absolute atomic E-state index is 0.0704. The molecule has 3 aliphatic heterocycles. The molecule has 0 aromatic carbocycles. The SMILES string of the molecule is CN1C(=O)NCC12CCN(CC1CCCCO1)CC2. The molecule has 1 N–H and O–H groups in total. The molecule has 1 unspecified atom stereocenters. The number of likely N-dealkylation sites (N-methyl/N-ethyl adjacent to an activating group) is 1. The van der Waals surface area contributed by atoms with Crippen molar-refractivity contribution in [1.82, 2.24) is 15.1 Å². The van der Waals surface area contributed by atoms with Crippen molar-refractivity contribution in [2.75, 3.05) is 39.8 Å². The van der Waals surface area contributed by atoms with E-state index in [-0.39, 0.29) is 11.6 Å². The number of hydrogen-bond acceptors (Lipinski definition) is 3. The number of amides is 2. The first-order chi connectivity index (χ1) is 9.20. The summed E-state index contributed by atoms with van der Waals surface area (Å²) < 4.78 is 5.82. The highest BCUT2D eigenvalue weighted by Gasteiger charge is 2.45. The smallest absolute Gasteiger partial charge is 0.317 e. The van der Waals surface area contributed by atoms with Gasteiger partial charge in [-0.25, -0.2) is 4.79 Å². The fraction of sp³-hybridized carbons (Fsp3) is 0.929. The van der Waals surface area contributed by atoms with E-state index in [4.69, 9.17) is 4.74 Å². The van der Waals surface area contributed by atoms with Gasteiger partial charge in [0.1, 0.15) is 0 Å². The van der Waals surface area contributed by atoms with Crippen LogP contribution in [0.25, 0.3) is 0 Å². The molecule has 5 nitrogen and oxygen atoms in total. The van der Waals surface area contributed by atoms with E-state index in [2.05, 4.69) is 10.2 Å². The molecule has 1 spiro atoms. The first-order valence-electron chi connectivity index (χ1n) is 7.55. The first kappa shape index (κ1) is 13.2. The van der Waals surface area contributed by atoms with Gasteiger partial charge in [0, 0.05) is 39.8 Å². The van der Waals surface area contributed by atoms with E-state index in [1.807, 2.05) is 11.9 Å². The Labute approximate surface area is 115 Å². The van der Waals surface area contributed by atoms with Gasteiger partial charge in [-0.15, -0.1) is 0 Å². The van der Waals surface area contributed by atoms with Crippen LogP contribution in [0.2, 0.25) is 0 Å². The Morgan fingerprint density at radius 2 is 2.16 bits per heavy atom. The predicted molar refractivity (Wildman–Crippen MR) is 73.2 cm³/mol. The second kappa shape index (κ2) is 5.29. The van der Waals surface area contributed by atoms with Crippen molar-refractivity contribution in [2.45, 2.75) is 43.7 Å². The van der Waals surface area contributed by atoms with E-state index in [1.54, 1.807) is 0 Å². The van der Waals surface area contributed by atoms with E-state index in [9.17, 15) is 4.79 Å². The van der Waals surface area contributed by atoms with E-state index < -0.39 is 0 Å². The Kier molecular flexibility index (Phi) is 3.67. The molecule has 0 aromatic heterocycles. The molecule has 3 rings (SSSR count). The summed E-state index contributed by atoms with van der Waals surface area (Å²) in [6, 6.07) is 0.0871. The van der Waals surface area contributed by atoms with E-state index in [0.29, 0.717) is 6.10 Å². The monoisotopic (exact) mass is 267 g/mol. The number of carbonyl (C=O) groups excluding carboxylic acids is 1. The van der Waals surface area contributed by atoms with Crippen molar-refractivity contribution < 1.29 is 9.53 Å². The van der Waals surface area contributed by atoms with Crippen LogP contribution >= 0.6 is 0 Å². The van der Waals surface area contributed by atoms with Gasteiger partial charge >= 0.3 is 6.03 Å². The Bertz CT molecular complexity index is 334. The third-order valence-electron chi connectivity index (χ3n) is 5.11. The molecule has 2 amide bonds. The Morgan fingerprint density at radius 3 is 2.74 bits per heavy atom. The number of nitrogens with one attached hydrogen (secondary N) is 1. The van der Waals surface area contributed by atoms with Gasteiger partial charge in [0.2, 0.25) is 0 Å². The topological polar surface area (TPSA) is 44.8 Å². The lowest BCUT2D eigenvalue weighted by atomic mass is 9.87. The number of nitrogens with zero attached hydrogens (tertiary/aromatic N) is 2. The number of rotatable bonds is 2. The molecular weight excluding hydrogens is 242 g/mol. The average Bonchev–Trinajstić information content (AvgIpc) is 2.72. The quantitative estimate of drug-likeness (QED) is 0.813. The molecule has 0 saturated carbocycles. The fourth-order valence-corrected chi connectivity index (χ4v) is 3.60. The van der Waals surface area contributed by atoms with Crippen LogP contribution in [0.4, 0.5) is 4.79 Å². The fourth-order valence-electron chi connectivity index (χ4n) is 3.60.